The lowest BCUT2D eigenvalue weighted by molar-refractivity contribution is -0.970. The van der Waals surface area contributed by atoms with Crippen molar-refractivity contribution < 1.29 is 9.91 Å². The second kappa shape index (κ2) is 9.19. The van der Waals surface area contributed by atoms with E-state index in [0.29, 0.717) is 11.6 Å². The average Bonchev–Trinajstić information content (AvgIpc) is 2.44. The zero-order chi connectivity index (χ0) is 16.5. The third kappa shape index (κ3) is 6.71. The first-order valence-electron chi connectivity index (χ1n) is 6.89. The van der Waals surface area contributed by atoms with Crippen LogP contribution < -0.4 is 10.9 Å². The van der Waals surface area contributed by atoms with Gasteiger partial charge in [0.25, 0.3) is 0 Å². The molecule has 0 aromatic carbocycles. The number of amides is 1. The van der Waals surface area contributed by atoms with E-state index in [2.05, 4.69) is 28.3 Å². The van der Waals surface area contributed by atoms with Crippen LogP contribution >= 0.6 is 11.6 Å². The highest BCUT2D eigenvalue weighted by Crippen LogP contribution is 2.10. The molecule has 3 N–H and O–H groups in total. The molecule has 1 amide bonds. The van der Waals surface area contributed by atoms with Crippen LogP contribution in [0.1, 0.15) is 13.3 Å². The van der Waals surface area contributed by atoms with Gasteiger partial charge in [0.1, 0.15) is 0 Å². The molecule has 0 aromatic rings. The molecule has 1 rings (SSSR count). The van der Waals surface area contributed by atoms with Crippen molar-refractivity contribution in [3.63, 3.8) is 0 Å². The van der Waals surface area contributed by atoms with Gasteiger partial charge in [0, 0.05) is 17.3 Å². The largest absolute Gasteiger partial charge is 0.386 e. The summed E-state index contributed by atoms with van der Waals surface area (Å²) in [5, 5.41) is 7.36. The van der Waals surface area contributed by atoms with Crippen LogP contribution in [0.5, 0.6) is 0 Å². The first-order valence-corrected chi connectivity index (χ1v) is 7.27. The highest BCUT2D eigenvalue weighted by atomic mass is 35.5. The standard InChI is InChI=1S/C15H22ClN5O/c1-12(7-8-15(17)22)11-14(6-4-5-13(2)16)21-10-9-18-19-20(21)3/h4-5,7-9,11,14,20H,2,6,10H2,1,3H3,(H2,17,22)/b5-4-,8-7+,12-11-. The van der Waals surface area contributed by atoms with E-state index in [0.717, 1.165) is 17.1 Å². The minimum absolute atomic E-state index is 0.0697. The number of carbonyl (C=O) groups is 1. The molecule has 0 saturated carbocycles. The minimum Gasteiger partial charge on any atom is -0.386 e. The van der Waals surface area contributed by atoms with Gasteiger partial charge in [-0.15, -0.1) is 5.01 Å². The van der Waals surface area contributed by atoms with Gasteiger partial charge in [-0.2, -0.15) is 0 Å². The van der Waals surface area contributed by atoms with Crippen LogP contribution in [0, 0.1) is 0 Å². The number of carbonyl (C=O) groups excluding carboxylic acids is 1. The first kappa shape index (κ1) is 18.2. The summed E-state index contributed by atoms with van der Waals surface area (Å²) in [6, 6.07) is 0.0697. The smallest absolute Gasteiger partial charge is 0.241 e. The number of allylic oxidation sites excluding steroid dienone is 4. The zero-order valence-electron chi connectivity index (χ0n) is 12.9. The fourth-order valence-corrected chi connectivity index (χ4v) is 2.10. The Kier molecular flexibility index (Phi) is 7.59. The Hall–Kier alpha value is -1.89. The maximum absolute atomic E-state index is 10.8. The van der Waals surface area contributed by atoms with Gasteiger partial charge in [-0.1, -0.05) is 42.0 Å². The summed E-state index contributed by atoms with van der Waals surface area (Å²) in [4.78, 5) is 10.8. The number of nitrogens with zero attached hydrogens (tertiary/aromatic N) is 3. The lowest BCUT2D eigenvalue weighted by Gasteiger charge is -2.40. The van der Waals surface area contributed by atoms with Gasteiger partial charge < -0.3 is 16.4 Å². The van der Waals surface area contributed by atoms with E-state index in [1.165, 1.54) is 6.08 Å². The second-order valence-electron chi connectivity index (χ2n) is 4.90. The number of nitrogens with one attached hydrogen (secondary N) is 1. The van der Waals surface area contributed by atoms with E-state index < -0.39 is 5.91 Å². The molecule has 1 heterocycles. The summed E-state index contributed by atoms with van der Waals surface area (Å²) < 4.78 is 0. The number of hydrogen-bond acceptors (Lipinski definition) is 3. The molecule has 0 aliphatic carbocycles. The van der Waals surface area contributed by atoms with Gasteiger partial charge in [0.15, 0.2) is 0 Å². The molecule has 0 fully saturated rings. The first-order chi connectivity index (χ1) is 10.4. The van der Waals surface area contributed by atoms with E-state index in [1.54, 1.807) is 18.4 Å². The maximum atomic E-state index is 10.8. The molecule has 2 unspecified atom stereocenters. The van der Waals surface area contributed by atoms with E-state index in [9.17, 15) is 4.79 Å². The Labute approximate surface area is 136 Å². The summed E-state index contributed by atoms with van der Waals surface area (Å²) in [6.45, 7) is 6.23. The van der Waals surface area contributed by atoms with Crippen LogP contribution in [-0.4, -0.2) is 36.8 Å². The number of halogens is 1. The lowest BCUT2D eigenvalue weighted by Crippen LogP contribution is -3.13. The third-order valence-corrected chi connectivity index (χ3v) is 3.15. The molecule has 0 aromatic heterocycles. The van der Waals surface area contributed by atoms with Crippen LogP contribution in [0.2, 0.25) is 0 Å². The molecule has 0 saturated heterocycles. The molecule has 0 radical (unpaired) electrons. The summed E-state index contributed by atoms with van der Waals surface area (Å²) in [5.41, 5.74) is 10.1. The predicted octanol–water partition coefficient (Wildman–Crippen LogP) is 1.06. The number of primary amides is 1. The normalized spacial score (nSPS) is 21.2. The molecular weight excluding hydrogens is 302 g/mol. The van der Waals surface area contributed by atoms with Crippen LogP contribution in [0.4, 0.5) is 0 Å². The third-order valence-electron chi connectivity index (χ3n) is 3.02. The fourth-order valence-electron chi connectivity index (χ4n) is 2.01. The number of quaternary nitrogens is 1. The van der Waals surface area contributed by atoms with Crippen LogP contribution in [0.15, 0.2) is 52.7 Å². The molecule has 0 spiro atoms. The van der Waals surface area contributed by atoms with Crippen LogP contribution in [0.25, 0.3) is 5.53 Å². The fraction of sp³-hybridized carbons (Fsp3) is 0.333. The number of nitrogens with two attached hydrogens (primary N) is 1. The topological polar surface area (TPSA) is 77.2 Å². The Bertz CT molecular complexity index is 524. The predicted molar refractivity (Wildman–Crippen MR) is 90.1 cm³/mol. The van der Waals surface area contributed by atoms with E-state index in [-0.39, 0.29) is 6.04 Å². The van der Waals surface area contributed by atoms with Gasteiger partial charge in [-0.3, -0.25) is 9.91 Å². The zero-order valence-corrected chi connectivity index (χ0v) is 13.6. The molecular formula is C15H22ClN5O. The monoisotopic (exact) mass is 323 g/mol. The van der Waals surface area contributed by atoms with Crippen molar-refractivity contribution in [3.05, 3.63) is 53.1 Å². The van der Waals surface area contributed by atoms with Gasteiger partial charge in [0.2, 0.25) is 5.91 Å². The van der Waals surface area contributed by atoms with Crippen molar-refractivity contribution >= 4 is 23.7 Å². The van der Waals surface area contributed by atoms with Gasteiger partial charge in [-0.05, 0) is 19.4 Å². The van der Waals surface area contributed by atoms with Crippen molar-refractivity contribution in [1.82, 2.24) is 5.01 Å². The Balaban J connectivity index is 2.89. The molecule has 1 aliphatic heterocycles. The Morgan fingerprint density at radius 3 is 2.91 bits per heavy atom. The van der Waals surface area contributed by atoms with Crippen LogP contribution in [-0.2, 0) is 4.79 Å². The summed E-state index contributed by atoms with van der Waals surface area (Å²) in [7, 11) is 1.91. The molecule has 22 heavy (non-hydrogen) atoms. The summed E-state index contributed by atoms with van der Waals surface area (Å²) in [6.07, 6.45) is 11.3. The molecule has 0 bridgehead atoms. The van der Waals surface area contributed by atoms with E-state index in [4.69, 9.17) is 17.3 Å². The highest BCUT2D eigenvalue weighted by molar-refractivity contribution is 6.30. The van der Waals surface area contributed by atoms with E-state index in [1.807, 2.05) is 20.0 Å². The van der Waals surface area contributed by atoms with Gasteiger partial charge >= 0.3 is 0 Å². The van der Waals surface area contributed by atoms with Crippen molar-refractivity contribution in [1.29, 1.82) is 0 Å². The maximum Gasteiger partial charge on any atom is 0.241 e. The van der Waals surface area contributed by atoms with Crippen LogP contribution in [0.3, 0.4) is 0 Å². The van der Waals surface area contributed by atoms with Gasteiger partial charge in [0.05, 0.1) is 19.6 Å². The van der Waals surface area contributed by atoms with E-state index >= 15 is 0 Å². The number of hydrogen-bond donors (Lipinski definition) is 2. The van der Waals surface area contributed by atoms with Crippen molar-refractivity contribution in [3.8, 4) is 0 Å². The number of rotatable bonds is 7. The van der Waals surface area contributed by atoms with Crippen molar-refractivity contribution in [2.24, 2.45) is 10.8 Å². The highest BCUT2D eigenvalue weighted by Gasteiger charge is 2.20. The molecule has 2 atom stereocenters. The average molecular weight is 324 g/mol. The Morgan fingerprint density at radius 2 is 2.32 bits per heavy atom. The summed E-state index contributed by atoms with van der Waals surface area (Å²) in [5.74, 6) is -0.467. The summed E-state index contributed by atoms with van der Waals surface area (Å²) >= 11 is 5.75. The molecule has 7 heteroatoms. The molecule has 120 valence electrons. The van der Waals surface area contributed by atoms with Crippen molar-refractivity contribution in [2.45, 2.75) is 19.4 Å². The minimum atomic E-state index is -0.467. The van der Waals surface area contributed by atoms with Crippen molar-refractivity contribution in [2.75, 3.05) is 13.6 Å². The quantitative estimate of drug-likeness (QED) is 0.543. The molecule has 1 aliphatic rings. The SMILES string of the molecule is C=C(Cl)/C=C\CC(/C=C(C)\C=C\C(N)=O)N1CC=N[N-][NH+]1C. The Morgan fingerprint density at radius 1 is 1.59 bits per heavy atom. The lowest BCUT2D eigenvalue weighted by atomic mass is 10.1. The molecule has 6 nitrogen and oxygen atoms in total. The van der Waals surface area contributed by atoms with Gasteiger partial charge in [-0.25, -0.2) is 0 Å². The second-order valence-corrected chi connectivity index (χ2v) is 5.38.